The Kier molecular flexibility index (Phi) is 5.25. The topological polar surface area (TPSA) is 69.6 Å². The van der Waals surface area contributed by atoms with Crippen LogP contribution in [0.15, 0.2) is 66.7 Å². The van der Waals surface area contributed by atoms with Gasteiger partial charge in [-0.2, -0.15) is 0 Å². The van der Waals surface area contributed by atoms with Gasteiger partial charge >= 0.3 is 0 Å². The van der Waals surface area contributed by atoms with E-state index in [1.165, 1.54) is 4.90 Å². The third-order valence-corrected chi connectivity index (χ3v) is 5.20. The summed E-state index contributed by atoms with van der Waals surface area (Å²) in [5.74, 6) is -0.601. The molecular formula is C24H22N2O3. The molecule has 3 aromatic carbocycles. The van der Waals surface area contributed by atoms with Gasteiger partial charge in [-0.25, -0.2) is 4.90 Å². The Hall–Kier alpha value is -3.28. The van der Waals surface area contributed by atoms with E-state index in [-0.39, 0.29) is 18.4 Å². The molecule has 1 heterocycles. The molecule has 0 fully saturated rings. The first kappa shape index (κ1) is 19.1. The first-order valence-corrected chi connectivity index (χ1v) is 9.60. The van der Waals surface area contributed by atoms with Gasteiger partial charge in [-0.15, -0.1) is 0 Å². The van der Waals surface area contributed by atoms with Crippen molar-refractivity contribution >= 4 is 17.5 Å². The van der Waals surface area contributed by atoms with Crippen molar-refractivity contribution in [3.8, 4) is 11.1 Å². The Morgan fingerprint density at radius 3 is 2.38 bits per heavy atom. The molecule has 0 bridgehead atoms. The zero-order chi connectivity index (χ0) is 20.4. The molecule has 2 amide bonds. The van der Waals surface area contributed by atoms with Crippen LogP contribution in [-0.2, 0) is 6.54 Å². The maximum Gasteiger partial charge on any atom is 0.266 e. The summed E-state index contributed by atoms with van der Waals surface area (Å²) in [7, 11) is 0. The summed E-state index contributed by atoms with van der Waals surface area (Å²) in [6.45, 7) is 2.98. The van der Waals surface area contributed by atoms with Crippen LogP contribution in [0.3, 0.4) is 0 Å². The molecule has 5 heteroatoms. The molecule has 0 radical (unpaired) electrons. The largest absolute Gasteiger partial charge is 0.395 e. The number of aliphatic hydroxyl groups excluding tert-OH is 1. The summed E-state index contributed by atoms with van der Waals surface area (Å²) in [6.07, 6.45) is 0. The van der Waals surface area contributed by atoms with Crippen LogP contribution in [0.2, 0.25) is 0 Å². The number of rotatable bonds is 6. The van der Waals surface area contributed by atoms with Gasteiger partial charge in [-0.05, 0) is 47.4 Å². The number of aliphatic hydroxyl groups is 1. The highest BCUT2D eigenvalue weighted by Crippen LogP contribution is 2.35. The number of imide groups is 1. The molecule has 1 aliphatic rings. The SMILES string of the molecule is Cc1c(-c2ccccc2)cccc1N1C(=O)c2ccc(CNCCO)cc2C1=O. The van der Waals surface area contributed by atoms with Crippen LogP contribution in [-0.4, -0.2) is 30.1 Å². The predicted octanol–water partition coefficient (Wildman–Crippen LogP) is 3.54. The lowest BCUT2D eigenvalue weighted by atomic mass is 9.99. The summed E-state index contributed by atoms with van der Waals surface area (Å²) in [4.78, 5) is 27.4. The maximum atomic E-state index is 13.1. The fraction of sp³-hybridized carbons (Fsp3) is 0.167. The number of anilines is 1. The zero-order valence-corrected chi connectivity index (χ0v) is 16.2. The van der Waals surface area contributed by atoms with E-state index in [4.69, 9.17) is 5.11 Å². The smallest absolute Gasteiger partial charge is 0.266 e. The summed E-state index contributed by atoms with van der Waals surface area (Å²) in [5, 5.41) is 12.0. The molecular weight excluding hydrogens is 364 g/mol. The lowest BCUT2D eigenvalue weighted by Gasteiger charge is -2.19. The number of hydrogen-bond donors (Lipinski definition) is 2. The summed E-state index contributed by atoms with van der Waals surface area (Å²) in [6, 6.07) is 20.9. The third-order valence-electron chi connectivity index (χ3n) is 5.20. The van der Waals surface area contributed by atoms with Crippen molar-refractivity contribution in [2.45, 2.75) is 13.5 Å². The minimum absolute atomic E-state index is 0.0488. The maximum absolute atomic E-state index is 13.1. The number of nitrogens with zero attached hydrogens (tertiary/aromatic N) is 1. The fourth-order valence-electron chi connectivity index (χ4n) is 3.72. The Morgan fingerprint density at radius 1 is 0.862 bits per heavy atom. The second-order valence-electron chi connectivity index (χ2n) is 7.04. The molecule has 146 valence electrons. The van der Waals surface area contributed by atoms with E-state index in [0.717, 1.165) is 22.3 Å². The summed E-state index contributed by atoms with van der Waals surface area (Å²) in [5.41, 5.74) is 5.27. The molecule has 4 rings (SSSR count). The molecule has 1 aliphatic heterocycles. The van der Waals surface area contributed by atoms with E-state index in [2.05, 4.69) is 5.32 Å². The standard InChI is InChI=1S/C24H22N2O3/c1-16-19(18-6-3-2-4-7-18)8-5-9-22(16)26-23(28)20-11-10-17(15-25-12-13-27)14-21(20)24(26)29/h2-11,14,25,27H,12-13,15H2,1H3. The molecule has 3 aromatic rings. The molecule has 0 saturated heterocycles. The normalized spacial score (nSPS) is 13.1. The lowest BCUT2D eigenvalue weighted by Crippen LogP contribution is -2.30. The van der Waals surface area contributed by atoms with E-state index in [1.54, 1.807) is 12.1 Å². The van der Waals surface area contributed by atoms with Gasteiger partial charge in [-0.1, -0.05) is 48.5 Å². The van der Waals surface area contributed by atoms with Crippen LogP contribution in [0.5, 0.6) is 0 Å². The monoisotopic (exact) mass is 386 g/mol. The van der Waals surface area contributed by atoms with Crippen molar-refractivity contribution in [3.63, 3.8) is 0 Å². The van der Waals surface area contributed by atoms with Crippen LogP contribution in [0, 0.1) is 6.92 Å². The van der Waals surface area contributed by atoms with Crippen LogP contribution in [0.25, 0.3) is 11.1 Å². The van der Waals surface area contributed by atoms with Gasteiger partial charge in [0.2, 0.25) is 0 Å². The lowest BCUT2D eigenvalue weighted by molar-refractivity contribution is 0.0926. The molecule has 0 aliphatic carbocycles. The highest BCUT2D eigenvalue weighted by atomic mass is 16.3. The molecule has 0 saturated carbocycles. The van der Waals surface area contributed by atoms with E-state index < -0.39 is 0 Å². The van der Waals surface area contributed by atoms with Crippen molar-refractivity contribution in [1.29, 1.82) is 0 Å². The number of hydrogen-bond acceptors (Lipinski definition) is 4. The van der Waals surface area contributed by atoms with E-state index in [0.29, 0.717) is 29.9 Å². The summed E-state index contributed by atoms with van der Waals surface area (Å²) >= 11 is 0. The average Bonchev–Trinajstić information content (AvgIpc) is 2.99. The predicted molar refractivity (Wildman–Crippen MR) is 113 cm³/mol. The highest BCUT2D eigenvalue weighted by Gasteiger charge is 2.37. The van der Waals surface area contributed by atoms with Gasteiger partial charge in [0.1, 0.15) is 0 Å². The molecule has 0 aromatic heterocycles. The number of fused-ring (bicyclic) bond motifs is 1. The summed E-state index contributed by atoms with van der Waals surface area (Å²) < 4.78 is 0. The van der Waals surface area contributed by atoms with Gasteiger partial charge in [0.25, 0.3) is 11.8 Å². The fourth-order valence-corrected chi connectivity index (χ4v) is 3.72. The Labute approximate surface area is 169 Å². The molecule has 5 nitrogen and oxygen atoms in total. The Morgan fingerprint density at radius 2 is 1.62 bits per heavy atom. The highest BCUT2D eigenvalue weighted by molar-refractivity contribution is 6.34. The minimum Gasteiger partial charge on any atom is -0.395 e. The second-order valence-corrected chi connectivity index (χ2v) is 7.04. The van der Waals surface area contributed by atoms with Gasteiger partial charge < -0.3 is 10.4 Å². The first-order valence-electron chi connectivity index (χ1n) is 9.60. The molecule has 29 heavy (non-hydrogen) atoms. The number of carbonyl (C=O) groups excluding carboxylic acids is 2. The second kappa shape index (κ2) is 7.99. The van der Waals surface area contributed by atoms with Crippen molar-refractivity contribution < 1.29 is 14.7 Å². The number of amides is 2. The van der Waals surface area contributed by atoms with Gasteiger partial charge in [0, 0.05) is 13.1 Å². The van der Waals surface area contributed by atoms with Crippen molar-refractivity contribution in [2.24, 2.45) is 0 Å². The van der Waals surface area contributed by atoms with Gasteiger partial charge in [-0.3, -0.25) is 9.59 Å². The van der Waals surface area contributed by atoms with E-state index in [1.807, 2.05) is 61.5 Å². The van der Waals surface area contributed by atoms with Crippen LogP contribution >= 0.6 is 0 Å². The van der Waals surface area contributed by atoms with Crippen molar-refractivity contribution in [2.75, 3.05) is 18.1 Å². The quantitative estimate of drug-likeness (QED) is 0.502. The molecule has 0 unspecified atom stereocenters. The van der Waals surface area contributed by atoms with Crippen LogP contribution in [0.1, 0.15) is 31.8 Å². The average molecular weight is 386 g/mol. The van der Waals surface area contributed by atoms with E-state index in [9.17, 15) is 9.59 Å². The minimum atomic E-state index is -0.303. The molecule has 0 atom stereocenters. The number of carbonyl (C=O) groups is 2. The van der Waals surface area contributed by atoms with Gasteiger partial charge in [0.15, 0.2) is 0 Å². The third kappa shape index (κ3) is 3.46. The number of nitrogens with one attached hydrogen (secondary N) is 1. The van der Waals surface area contributed by atoms with Crippen LogP contribution in [0.4, 0.5) is 5.69 Å². The van der Waals surface area contributed by atoms with Crippen molar-refractivity contribution in [1.82, 2.24) is 5.32 Å². The first-order chi connectivity index (χ1) is 14.1. The zero-order valence-electron chi connectivity index (χ0n) is 16.2. The Balaban J connectivity index is 1.70. The Bertz CT molecular complexity index is 1080. The molecule has 2 N–H and O–H groups in total. The van der Waals surface area contributed by atoms with E-state index >= 15 is 0 Å². The van der Waals surface area contributed by atoms with Crippen molar-refractivity contribution in [3.05, 3.63) is 89.0 Å². The van der Waals surface area contributed by atoms with Crippen LogP contribution < -0.4 is 10.2 Å². The molecule has 0 spiro atoms. The van der Waals surface area contributed by atoms with Gasteiger partial charge in [0.05, 0.1) is 23.4 Å². The number of benzene rings is 3.